The van der Waals surface area contributed by atoms with Crippen molar-refractivity contribution < 1.29 is 0 Å². The highest BCUT2D eigenvalue weighted by Crippen LogP contribution is 2.17. The molecule has 2 N–H and O–H groups in total. The van der Waals surface area contributed by atoms with E-state index < -0.39 is 0 Å². The highest BCUT2D eigenvalue weighted by atomic mass is 15.3. The van der Waals surface area contributed by atoms with Gasteiger partial charge in [0.05, 0.1) is 11.9 Å². The van der Waals surface area contributed by atoms with Crippen LogP contribution >= 0.6 is 0 Å². The van der Waals surface area contributed by atoms with E-state index in [1.54, 1.807) is 13.1 Å². The number of rotatable bonds is 0. The van der Waals surface area contributed by atoms with Crippen molar-refractivity contribution in [2.24, 2.45) is 0 Å². The van der Waals surface area contributed by atoms with Crippen LogP contribution in [0.4, 0.5) is 5.82 Å². The third-order valence-corrected chi connectivity index (χ3v) is 2.15. The first kappa shape index (κ1) is 8.51. The Morgan fingerprint density at radius 2 is 2.21 bits per heavy atom. The summed E-state index contributed by atoms with van der Waals surface area (Å²) in [7, 11) is 0. The van der Waals surface area contributed by atoms with E-state index in [2.05, 4.69) is 10.1 Å². The fraction of sp³-hybridized carbons (Fsp3) is 0.222. The Hall–Kier alpha value is -2.09. The van der Waals surface area contributed by atoms with Gasteiger partial charge in [0.2, 0.25) is 0 Å². The molecule has 0 amide bonds. The molecule has 0 radical (unpaired) electrons. The van der Waals surface area contributed by atoms with Crippen LogP contribution < -0.4 is 5.73 Å². The zero-order chi connectivity index (χ0) is 10.3. The van der Waals surface area contributed by atoms with Gasteiger partial charge in [0.25, 0.3) is 0 Å². The Kier molecular flexibility index (Phi) is 1.64. The van der Waals surface area contributed by atoms with Gasteiger partial charge in [0, 0.05) is 5.56 Å². The minimum atomic E-state index is 0.350. The monoisotopic (exact) mass is 187 g/mol. The van der Waals surface area contributed by atoms with E-state index in [0.717, 1.165) is 5.56 Å². The van der Waals surface area contributed by atoms with Crippen LogP contribution in [0.3, 0.4) is 0 Å². The molecule has 0 unspecified atom stereocenters. The lowest BCUT2D eigenvalue weighted by atomic mass is 10.2. The molecular formula is C9H9N5. The van der Waals surface area contributed by atoms with Crippen molar-refractivity contribution in [3.63, 3.8) is 0 Å². The molecule has 5 nitrogen and oxygen atoms in total. The number of nitrogens with zero attached hydrogens (tertiary/aromatic N) is 4. The van der Waals surface area contributed by atoms with Crippen LogP contribution in [0.2, 0.25) is 0 Å². The molecule has 0 spiro atoms. The van der Waals surface area contributed by atoms with Gasteiger partial charge in [-0.1, -0.05) is 0 Å². The third-order valence-electron chi connectivity index (χ3n) is 2.15. The quantitative estimate of drug-likeness (QED) is 0.661. The predicted octanol–water partition coefficient (Wildman–Crippen LogP) is 0.800. The highest BCUT2D eigenvalue weighted by molar-refractivity contribution is 5.59. The SMILES string of the molecule is Cc1nc2c(C)cnn2c(N)c1C#N. The number of nitrogen functional groups attached to an aromatic ring is 1. The summed E-state index contributed by atoms with van der Waals surface area (Å²) in [4.78, 5) is 4.26. The van der Waals surface area contributed by atoms with Gasteiger partial charge >= 0.3 is 0 Å². The second-order valence-electron chi connectivity index (χ2n) is 3.13. The smallest absolute Gasteiger partial charge is 0.160 e. The second kappa shape index (κ2) is 2.70. The average Bonchev–Trinajstić information content (AvgIpc) is 2.49. The molecule has 2 aromatic heterocycles. The van der Waals surface area contributed by atoms with Gasteiger partial charge in [-0.15, -0.1) is 0 Å². The van der Waals surface area contributed by atoms with E-state index in [1.807, 2.05) is 13.0 Å². The van der Waals surface area contributed by atoms with Gasteiger partial charge in [-0.3, -0.25) is 0 Å². The Labute approximate surface area is 80.8 Å². The lowest BCUT2D eigenvalue weighted by Crippen LogP contribution is -2.05. The summed E-state index contributed by atoms with van der Waals surface area (Å²) < 4.78 is 1.49. The first-order chi connectivity index (χ1) is 6.65. The first-order valence-corrected chi connectivity index (χ1v) is 4.15. The minimum Gasteiger partial charge on any atom is -0.382 e. The number of aryl methyl sites for hydroxylation is 2. The molecule has 2 aromatic rings. The maximum atomic E-state index is 8.85. The molecule has 0 bridgehead atoms. The van der Waals surface area contributed by atoms with Crippen LogP contribution in [0.15, 0.2) is 6.20 Å². The average molecular weight is 187 g/mol. The number of fused-ring (bicyclic) bond motifs is 1. The van der Waals surface area contributed by atoms with Gasteiger partial charge in [-0.05, 0) is 13.8 Å². The van der Waals surface area contributed by atoms with Crippen LogP contribution in [-0.4, -0.2) is 14.6 Å². The van der Waals surface area contributed by atoms with E-state index in [1.165, 1.54) is 4.52 Å². The topological polar surface area (TPSA) is 80.0 Å². The summed E-state index contributed by atoms with van der Waals surface area (Å²) in [5, 5.41) is 12.9. The third kappa shape index (κ3) is 0.941. The van der Waals surface area contributed by atoms with Crippen LogP contribution in [0.1, 0.15) is 16.8 Å². The molecule has 0 atom stereocenters. The first-order valence-electron chi connectivity index (χ1n) is 4.15. The second-order valence-corrected chi connectivity index (χ2v) is 3.13. The summed E-state index contributed by atoms with van der Waals surface area (Å²) in [5.74, 6) is 0.350. The molecule has 14 heavy (non-hydrogen) atoms. The van der Waals surface area contributed by atoms with Gasteiger partial charge in [0.1, 0.15) is 17.5 Å². The van der Waals surface area contributed by atoms with Crippen LogP contribution in [-0.2, 0) is 0 Å². The van der Waals surface area contributed by atoms with Gasteiger partial charge in [-0.2, -0.15) is 14.9 Å². The molecule has 2 heterocycles. The van der Waals surface area contributed by atoms with Crippen molar-refractivity contribution in [3.8, 4) is 6.07 Å². The maximum absolute atomic E-state index is 8.85. The number of nitriles is 1. The molecular weight excluding hydrogens is 178 g/mol. The molecule has 0 aliphatic heterocycles. The fourth-order valence-corrected chi connectivity index (χ4v) is 1.38. The number of anilines is 1. The van der Waals surface area contributed by atoms with Gasteiger partial charge in [0.15, 0.2) is 5.65 Å². The van der Waals surface area contributed by atoms with Crippen LogP contribution in [0.25, 0.3) is 5.65 Å². The summed E-state index contributed by atoms with van der Waals surface area (Å²) >= 11 is 0. The van der Waals surface area contributed by atoms with Gasteiger partial charge in [-0.25, -0.2) is 4.98 Å². The van der Waals surface area contributed by atoms with Crippen molar-refractivity contribution in [2.75, 3.05) is 5.73 Å². The maximum Gasteiger partial charge on any atom is 0.160 e. The van der Waals surface area contributed by atoms with Crippen LogP contribution in [0.5, 0.6) is 0 Å². The summed E-state index contributed by atoms with van der Waals surface area (Å²) in [6.07, 6.45) is 1.68. The summed E-state index contributed by atoms with van der Waals surface area (Å²) in [6.45, 7) is 3.67. The molecule has 70 valence electrons. The number of hydrogen-bond donors (Lipinski definition) is 1. The van der Waals surface area contributed by atoms with E-state index in [9.17, 15) is 0 Å². The van der Waals surface area contributed by atoms with Crippen molar-refractivity contribution in [3.05, 3.63) is 23.0 Å². The van der Waals surface area contributed by atoms with Crippen molar-refractivity contribution in [1.29, 1.82) is 5.26 Å². The van der Waals surface area contributed by atoms with Crippen molar-refractivity contribution in [1.82, 2.24) is 14.6 Å². The highest BCUT2D eigenvalue weighted by Gasteiger charge is 2.11. The van der Waals surface area contributed by atoms with E-state index in [0.29, 0.717) is 22.7 Å². The Balaban J connectivity index is 2.96. The molecule has 2 rings (SSSR count). The largest absolute Gasteiger partial charge is 0.382 e. The van der Waals surface area contributed by atoms with E-state index in [-0.39, 0.29) is 0 Å². The number of hydrogen-bond acceptors (Lipinski definition) is 4. The lowest BCUT2D eigenvalue weighted by Gasteiger charge is -2.03. The standard InChI is InChI=1S/C9H9N5/c1-5-4-12-14-8(11)7(3-10)6(2)13-9(5)14/h4H,11H2,1-2H3. The molecule has 0 aromatic carbocycles. The zero-order valence-electron chi connectivity index (χ0n) is 7.94. The zero-order valence-corrected chi connectivity index (χ0v) is 7.94. The lowest BCUT2D eigenvalue weighted by molar-refractivity contribution is 0.937. The van der Waals surface area contributed by atoms with Crippen molar-refractivity contribution in [2.45, 2.75) is 13.8 Å². The molecule has 0 fully saturated rings. The summed E-state index contributed by atoms with van der Waals surface area (Å²) in [5.41, 5.74) is 8.47. The molecule has 0 aliphatic rings. The Bertz CT molecular complexity index is 546. The van der Waals surface area contributed by atoms with Crippen molar-refractivity contribution >= 4 is 11.5 Å². The molecule has 0 saturated heterocycles. The van der Waals surface area contributed by atoms with E-state index in [4.69, 9.17) is 11.0 Å². The summed E-state index contributed by atoms with van der Waals surface area (Å²) in [6, 6.07) is 2.02. The molecule has 0 saturated carbocycles. The fourth-order valence-electron chi connectivity index (χ4n) is 1.38. The molecule has 0 aliphatic carbocycles. The molecule has 5 heteroatoms. The Morgan fingerprint density at radius 1 is 1.50 bits per heavy atom. The number of nitrogens with two attached hydrogens (primary N) is 1. The van der Waals surface area contributed by atoms with Crippen LogP contribution in [0, 0.1) is 25.2 Å². The normalized spacial score (nSPS) is 10.4. The predicted molar refractivity (Wildman–Crippen MR) is 51.6 cm³/mol. The van der Waals surface area contributed by atoms with E-state index >= 15 is 0 Å². The Morgan fingerprint density at radius 3 is 2.86 bits per heavy atom. The minimum absolute atomic E-state index is 0.350. The number of aromatic nitrogens is 3. The van der Waals surface area contributed by atoms with Gasteiger partial charge < -0.3 is 5.73 Å².